The molecule has 0 aromatic rings. The van der Waals surface area contributed by atoms with Crippen molar-refractivity contribution in [2.75, 3.05) is 0 Å². The maximum absolute atomic E-state index is 11.4. The maximum Gasteiger partial charge on any atom is 0.330 e. The van der Waals surface area contributed by atoms with E-state index in [2.05, 4.69) is 27.4 Å². The first-order valence-corrected chi connectivity index (χ1v) is 7.18. The fraction of sp³-hybridized carbons (Fsp3) is 0.812. The maximum atomic E-state index is 11.4. The van der Waals surface area contributed by atoms with Crippen LogP contribution in [0.2, 0.25) is 0 Å². The van der Waals surface area contributed by atoms with Crippen LogP contribution in [0.4, 0.5) is 0 Å². The van der Waals surface area contributed by atoms with Gasteiger partial charge < -0.3 is 4.74 Å². The predicted octanol–water partition coefficient (Wildman–Crippen LogP) is 4.88. The van der Waals surface area contributed by atoms with Gasteiger partial charge >= 0.3 is 5.97 Å². The summed E-state index contributed by atoms with van der Waals surface area (Å²) < 4.78 is 5.54. The number of ether oxygens (including phenoxy) is 1. The summed E-state index contributed by atoms with van der Waals surface area (Å²) in [7, 11) is 0. The minimum absolute atomic E-state index is 0.0272. The number of hydrogen-bond donors (Lipinski definition) is 0. The molecule has 0 rings (SSSR count). The lowest BCUT2D eigenvalue weighted by Crippen LogP contribution is -2.44. The van der Waals surface area contributed by atoms with Crippen molar-refractivity contribution in [3.05, 3.63) is 12.7 Å². The van der Waals surface area contributed by atoms with Gasteiger partial charge in [0.25, 0.3) is 0 Å². The molecule has 0 spiro atoms. The molecular weight excluding hydrogens is 224 g/mol. The normalized spacial score (nSPS) is 14.9. The zero-order chi connectivity index (χ0) is 14.2. The monoisotopic (exact) mass is 254 g/mol. The molecule has 0 aliphatic heterocycles. The lowest BCUT2D eigenvalue weighted by Gasteiger charge is -2.43. The average molecular weight is 254 g/mol. The fourth-order valence-electron chi connectivity index (χ4n) is 2.26. The van der Waals surface area contributed by atoms with Crippen LogP contribution >= 0.6 is 0 Å². The van der Waals surface area contributed by atoms with Gasteiger partial charge in [-0.3, -0.25) is 0 Å². The zero-order valence-electron chi connectivity index (χ0n) is 12.8. The molecular formula is C16H30O2. The van der Waals surface area contributed by atoms with E-state index in [1.807, 2.05) is 13.8 Å². The van der Waals surface area contributed by atoms with E-state index in [0.717, 1.165) is 12.8 Å². The van der Waals surface area contributed by atoms with Gasteiger partial charge in [-0.1, -0.05) is 53.0 Å². The van der Waals surface area contributed by atoms with E-state index in [9.17, 15) is 4.79 Å². The molecule has 0 amide bonds. The Hall–Kier alpha value is -0.790. The Morgan fingerprint density at radius 1 is 1.17 bits per heavy atom. The van der Waals surface area contributed by atoms with Crippen LogP contribution in [-0.4, -0.2) is 11.6 Å². The highest BCUT2D eigenvalue weighted by atomic mass is 16.6. The van der Waals surface area contributed by atoms with Crippen LogP contribution in [0.25, 0.3) is 0 Å². The molecule has 2 nitrogen and oxygen atoms in total. The number of carbonyl (C=O) groups excluding carboxylic acids is 1. The van der Waals surface area contributed by atoms with Gasteiger partial charge in [0.15, 0.2) is 0 Å². The Morgan fingerprint density at radius 3 is 2.22 bits per heavy atom. The predicted molar refractivity (Wildman–Crippen MR) is 77.5 cm³/mol. The number of rotatable bonds is 9. The van der Waals surface area contributed by atoms with Gasteiger partial charge in [-0.15, -0.1) is 0 Å². The molecule has 0 aromatic heterocycles. The molecule has 0 aliphatic rings. The SMILES string of the molecule is C=CC(=O)OC(C)(C)C(C)(CC)CCCCCC. The lowest BCUT2D eigenvalue weighted by atomic mass is 9.70. The van der Waals surface area contributed by atoms with Crippen molar-refractivity contribution in [2.24, 2.45) is 5.41 Å². The van der Waals surface area contributed by atoms with Crippen LogP contribution < -0.4 is 0 Å². The molecule has 106 valence electrons. The summed E-state index contributed by atoms with van der Waals surface area (Å²) in [5, 5.41) is 0. The molecule has 0 bridgehead atoms. The molecule has 0 heterocycles. The summed E-state index contributed by atoms with van der Waals surface area (Å²) >= 11 is 0. The van der Waals surface area contributed by atoms with E-state index in [0.29, 0.717) is 0 Å². The van der Waals surface area contributed by atoms with Crippen molar-refractivity contribution in [2.45, 2.75) is 78.7 Å². The fourth-order valence-corrected chi connectivity index (χ4v) is 2.26. The Labute approximate surface area is 113 Å². The average Bonchev–Trinajstić information content (AvgIpc) is 2.33. The Bertz CT molecular complexity index is 268. The summed E-state index contributed by atoms with van der Waals surface area (Å²) in [6, 6.07) is 0. The highest BCUT2D eigenvalue weighted by Crippen LogP contribution is 2.42. The minimum Gasteiger partial charge on any atom is -0.456 e. The Balaban J connectivity index is 4.57. The first kappa shape index (κ1) is 17.2. The molecule has 2 heteroatoms. The molecule has 18 heavy (non-hydrogen) atoms. The topological polar surface area (TPSA) is 26.3 Å². The van der Waals surface area contributed by atoms with E-state index < -0.39 is 5.60 Å². The van der Waals surface area contributed by atoms with Crippen molar-refractivity contribution in [1.82, 2.24) is 0 Å². The molecule has 0 saturated heterocycles. The molecule has 1 unspecified atom stereocenters. The summed E-state index contributed by atoms with van der Waals surface area (Å²) in [6.45, 7) is 14.1. The Kier molecular flexibility index (Phi) is 7.27. The second-order valence-corrected chi connectivity index (χ2v) is 5.86. The largest absolute Gasteiger partial charge is 0.456 e. The number of unbranched alkanes of at least 4 members (excludes halogenated alkanes) is 3. The van der Waals surface area contributed by atoms with Crippen LogP contribution in [0, 0.1) is 5.41 Å². The van der Waals surface area contributed by atoms with Crippen LogP contribution in [0.5, 0.6) is 0 Å². The Morgan fingerprint density at radius 2 is 1.78 bits per heavy atom. The first-order chi connectivity index (χ1) is 8.33. The van der Waals surface area contributed by atoms with Crippen LogP contribution in [0.15, 0.2) is 12.7 Å². The van der Waals surface area contributed by atoms with E-state index in [1.54, 1.807) is 0 Å². The second kappa shape index (κ2) is 7.60. The van der Waals surface area contributed by atoms with Crippen LogP contribution in [-0.2, 0) is 9.53 Å². The smallest absolute Gasteiger partial charge is 0.330 e. The zero-order valence-corrected chi connectivity index (χ0v) is 12.8. The van der Waals surface area contributed by atoms with Crippen molar-refractivity contribution in [1.29, 1.82) is 0 Å². The third-order valence-corrected chi connectivity index (χ3v) is 4.34. The molecule has 0 fully saturated rings. The van der Waals surface area contributed by atoms with Gasteiger partial charge in [0.2, 0.25) is 0 Å². The number of esters is 1. The first-order valence-electron chi connectivity index (χ1n) is 7.18. The van der Waals surface area contributed by atoms with Crippen molar-refractivity contribution in [3.8, 4) is 0 Å². The van der Waals surface area contributed by atoms with Crippen LogP contribution in [0.1, 0.15) is 73.1 Å². The van der Waals surface area contributed by atoms with E-state index in [1.165, 1.54) is 31.8 Å². The van der Waals surface area contributed by atoms with Crippen LogP contribution in [0.3, 0.4) is 0 Å². The molecule has 0 saturated carbocycles. The lowest BCUT2D eigenvalue weighted by molar-refractivity contribution is -0.164. The molecule has 1 atom stereocenters. The van der Waals surface area contributed by atoms with Crippen molar-refractivity contribution >= 4 is 5.97 Å². The number of hydrogen-bond acceptors (Lipinski definition) is 2. The highest BCUT2D eigenvalue weighted by molar-refractivity contribution is 5.81. The molecule has 0 radical (unpaired) electrons. The van der Waals surface area contributed by atoms with Gasteiger partial charge in [0.1, 0.15) is 5.60 Å². The summed E-state index contributed by atoms with van der Waals surface area (Å²) in [4.78, 5) is 11.4. The van der Waals surface area contributed by atoms with Gasteiger partial charge in [-0.2, -0.15) is 0 Å². The van der Waals surface area contributed by atoms with Crippen molar-refractivity contribution in [3.63, 3.8) is 0 Å². The summed E-state index contributed by atoms with van der Waals surface area (Å²) in [5.74, 6) is -0.326. The third-order valence-electron chi connectivity index (χ3n) is 4.34. The van der Waals surface area contributed by atoms with E-state index in [4.69, 9.17) is 4.74 Å². The molecule has 0 aromatic carbocycles. The minimum atomic E-state index is -0.445. The second-order valence-electron chi connectivity index (χ2n) is 5.86. The summed E-state index contributed by atoms with van der Waals surface area (Å²) in [5.41, 5.74) is -0.418. The number of carbonyl (C=O) groups is 1. The van der Waals surface area contributed by atoms with Gasteiger partial charge in [-0.05, 0) is 26.7 Å². The third kappa shape index (κ3) is 4.83. The summed E-state index contributed by atoms with van der Waals surface area (Å²) in [6.07, 6.45) is 8.35. The molecule has 0 aliphatic carbocycles. The quantitative estimate of drug-likeness (QED) is 0.333. The van der Waals surface area contributed by atoms with Crippen molar-refractivity contribution < 1.29 is 9.53 Å². The van der Waals surface area contributed by atoms with Gasteiger partial charge in [0, 0.05) is 11.5 Å². The highest BCUT2D eigenvalue weighted by Gasteiger charge is 2.41. The standard InChI is InChI=1S/C16H30O2/c1-7-10-11-12-13-16(6,9-3)15(4,5)18-14(17)8-2/h8H,2,7,9-13H2,1,3-6H3. The molecule has 0 N–H and O–H groups in total. The van der Waals surface area contributed by atoms with Gasteiger partial charge in [-0.25, -0.2) is 4.79 Å². The van der Waals surface area contributed by atoms with E-state index in [-0.39, 0.29) is 11.4 Å². The van der Waals surface area contributed by atoms with Gasteiger partial charge in [0.05, 0.1) is 0 Å². The van der Waals surface area contributed by atoms with E-state index >= 15 is 0 Å².